The van der Waals surface area contributed by atoms with Crippen LogP contribution >= 0.6 is 11.3 Å². The number of carbonyl (C=O) groups is 1. The Bertz CT molecular complexity index is 907. The molecule has 1 fully saturated rings. The highest BCUT2D eigenvalue weighted by atomic mass is 32.1. The average molecular weight is 370 g/mol. The molecule has 0 atom stereocenters. The van der Waals surface area contributed by atoms with Crippen LogP contribution in [0.3, 0.4) is 0 Å². The highest BCUT2D eigenvalue weighted by Gasteiger charge is 2.31. The number of hydrogen-bond acceptors (Lipinski definition) is 5. The molecule has 0 radical (unpaired) electrons. The number of rotatable bonds is 6. The fraction of sp³-hybridized carbons (Fsp3) is 0.300. The molecule has 1 aliphatic rings. The molecule has 0 unspecified atom stereocenters. The highest BCUT2D eigenvalue weighted by Crippen LogP contribution is 2.32. The number of esters is 1. The molecule has 2 heterocycles. The summed E-state index contributed by atoms with van der Waals surface area (Å²) >= 11 is 1.46. The van der Waals surface area contributed by atoms with Crippen LogP contribution in [0.25, 0.3) is 10.2 Å². The van der Waals surface area contributed by atoms with Gasteiger partial charge in [-0.1, -0.05) is 41.7 Å². The van der Waals surface area contributed by atoms with Crippen molar-refractivity contribution in [2.45, 2.75) is 25.4 Å². The summed E-state index contributed by atoms with van der Waals surface area (Å²) in [6.07, 6.45) is 2.03. The Hall–Kier alpha value is -2.47. The van der Waals surface area contributed by atoms with E-state index in [-0.39, 0.29) is 17.9 Å². The summed E-state index contributed by atoms with van der Waals surface area (Å²) in [7, 11) is 0. The van der Waals surface area contributed by atoms with Crippen molar-refractivity contribution >= 4 is 32.7 Å². The average Bonchev–Trinajstić information content (AvgIpc) is 3.01. The lowest BCUT2D eigenvalue weighted by molar-refractivity contribution is -0.150. The van der Waals surface area contributed by atoms with Crippen molar-refractivity contribution < 1.29 is 13.9 Å². The first-order valence-electron chi connectivity index (χ1n) is 8.72. The zero-order chi connectivity index (χ0) is 17.9. The quantitative estimate of drug-likeness (QED) is 0.610. The normalized spacial score (nSPS) is 14.4. The van der Waals surface area contributed by atoms with Gasteiger partial charge in [-0.05, 0) is 36.6 Å². The molecule has 6 heteroatoms. The van der Waals surface area contributed by atoms with Gasteiger partial charge in [-0.25, -0.2) is 9.37 Å². The summed E-state index contributed by atoms with van der Waals surface area (Å²) in [5.41, 5.74) is 2.04. The first-order valence-corrected chi connectivity index (χ1v) is 9.53. The smallest absolute Gasteiger partial charge is 0.306 e. The van der Waals surface area contributed by atoms with Gasteiger partial charge in [0.05, 0.1) is 23.3 Å². The standard InChI is InChI=1S/C20H19FN2O2S/c21-15-9-10-17-18(11-15)26-20(22-17)23-12-16(13-23)25-19(24)8-4-7-14-5-2-1-3-6-14/h1-3,5-6,9-11,16H,4,7-8,12-13H2. The number of aromatic nitrogens is 1. The van der Waals surface area contributed by atoms with Crippen LogP contribution in [0.1, 0.15) is 18.4 Å². The summed E-state index contributed by atoms with van der Waals surface area (Å²) in [6.45, 7) is 1.29. The van der Waals surface area contributed by atoms with Crippen molar-refractivity contribution in [2.75, 3.05) is 18.0 Å². The van der Waals surface area contributed by atoms with E-state index in [0.29, 0.717) is 19.5 Å². The molecule has 0 saturated carbocycles. The third-order valence-corrected chi connectivity index (χ3v) is 5.52. The van der Waals surface area contributed by atoms with Gasteiger partial charge in [0.15, 0.2) is 5.13 Å². The van der Waals surface area contributed by atoms with E-state index in [0.717, 1.165) is 28.2 Å². The van der Waals surface area contributed by atoms with Crippen LogP contribution in [0.15, 0.2) is 48.5 Å². The van der Waals surface area contributed by atoms with Crippen molar-refractivity contribution in [3.8, 4) is 0 Å². The number of halogens is 1. The van der Waals surface area contributed by atoms with E-state index in [1.807, 2.05) is 18.2 Å². The molecule has 1 saturated heterocycles. The predicted octanol–water partition coefficient (Wildman–Crippen LogP) is 4.19. The number of carbonyl (C=O) groups excluding carboxylic acids is 1. The van der Waals surface area contributed by atoms with Crippen LogP contribution in [0.2, 0.25) is 0 Å². The van der Waals surface area contributed by atoms with Crippen molar-refractivity contribution in [1.82, 2.24) is 4.98 Å². The Morgan fingerprint density at radius 1 is 1.23 bits per heavy atom. The zero-order valence-corrected chi connectivity index (χ0v) is 15.0. The van der Waals surface area contributed by atoms with Gasteiger partial charge in [0.25, 0.3) is 0 Å². The number of hydrogen-bond donors (Lipinski definition) is 0. The fourth-order valence-electron chi connectivity index (χ4n) is 3.02. The number of benzene rings is 2. The van der Waals surface area contributed by atoms with Crippen molar-refractivity contribution in [2.24, 2.45) is 0 Å². The van der Waals surface area contributed by atoms with Gasteiger partial charge in [-0.3, -0.25) is 4.79 Å². The highest BCUT2D eigenvalue weighted by molar-refractivity contribution is 7.22. The van der Waals surface area contributed by atoms with E-state index in [1.165, 1.54) is 29.0 Å². The molecule has 4 rings (SSSR count). The Kier molecular flexibility index (Phi) is 4.84. The predicted molar refractivity (Wildman–Crippen MR) is 101 cm³/mol. The topological polar surface area (TPSA) is 42.4 Å². The molecular weight excluding hydrogens is 351 g/mol. The minimum absolute atomic E-state index is 0.0806. The maximum Gasteiger partial charge on any atom is 0.306 e. The molecule has 4 nitrogen and oxygen atoms in total. The third kappa shape index (κ3) is 3.85. The lowest BCUT2D eigenvalue weighted by atomic mass is 10.1. The minimum atomic E-state index is -0.251. The van der Waals surface area contributed by atoms with E-state index < -0.39 is 0 Å². The maximum absolute atomic E-state index is 13.3. The Morgan fingerprint density at radius 2 is 2.04 bits per heavy atom. The molecule has 0 aliphatic carbocycles. The van der Waals surface area contributed by atoms with Crippen LogP contribution in [0, 0.1) is 5.82 Å². The van der Waals surface area contributed by atoms with E-state index in [2.05, 4.69) is 22.0 Å². The lowest BCUT2D eigenvalue weighted by Crippen LogP contribution is -2.53. The number of nitrogens with zero attached hydrogens (tertiary/aromatic N) is 2. The van der Waals surface area contributed by atoms with E-state index in [9.17, 15) is 9.18 Å². The Morgan fingerprint density at radius 3 is 2.85 bits per heavy atom. The number of ether oxygens (including phenoxy) is 1. The second-order valence-electron chi connectivity index (χ2n) is 6.46. The molecule has 2 aromatic carbocycles. The maximum atomic E-state index is 13.3. The first-order chi connectivity index (χ1) is 12.7. The molecule has 0 N–H and O–H groups in total. The number of anilines is 1. The van der Waals surface area contributed by atoms with Crippen molar-refractivity contribution in [3.63, 3.8) is 0 Å². The summed E-state index contributed by atoms with van der Waals surface area (Å²) in [6, 6.07) is 14.7. The van der Waals surface area contributed by atoms with Gasteiger partial charge in [-0.15, -0.1) is 0 Å². The minimum Gasteiger partial charge on any atom is -0.459 e. The Labute approximate surface area is 155 Å². The molecule has 1 aliphatic heterocycles. The summed E-state index contributed by atoms with van der Waals surface area (Å²) < 4.78 is 19.6. The van der Waals surface area contributed by atoms with Crippen LogP contribution in [0.5, 0.6) is 0 Å². The molecule has 3 aromatic rings. The SMILES string of the molecule is O=C(CCCc1ccccc1)OC1CN(c2nc3ccc(F)cc3s2)C1. The van der Waals surface area contributed by atoms with E-state index in [4.69, 9.17) is 4.74 Å². The Balaban J connectivity index is 1.22. The largest absolute Gasteiger partial charge is 0.459 e. The number of aryl methyl sites for hydroxylation is 1. The van der Waals surface area contributed by atoms with Crippen LogP contribution < -0.4 is 4.90 Å². The van der Waals surface area contributed by atoms with Crippen LogP contribution in [0.4, 0.5) is 9.52 Å². The molecule has 0 spiro atoms. The van der Waals surface area contributed by atoms with Gasteiger partial charge in [0.2, 0.25) is 0 Å². The fourth-order valence-corrected chi connectivity index (χ4v) is 4.03. The van der Waals surface area contributed by atoms with Gasteiger partial charge in [0.1, 0.15) is 11.9 Å². The first kappa shape index (κ1) is 17.0. The number of thiazole rings is 1. The van der Waals surface area contributed by atoms with Gasteiger partial charge in [0, 0.05) is 6.42 Å². The molecule has 0 amide bonds. The summed E-state index contributed by atoms with van der Waals surface area (Å²) in [4.78, 5) is 18.5. The molecule has 1 aromatic heterocycles. The van der Waals surface area contributed by atoms with Crippen LogP contribution in [-0.2, 0) is 16.0 Å². The molecular formula is C20H19FN2O2S. The monoisotopic (exact) mass is 370 g/mol. The molecule has 26 heavy (non-hydrogen) atoms. The van der Waals surface area contributed by atoms with Crippen LogP contribution in [-0.4, -0.2) is 30.1 Å². The van der Waals surface area contributed by atoms with Crippen molar-refractivity contribution in [1.29, 1.82) is 0 Å². The summed E-state index contributed by atoms with van der Waals surface area (Å²) in [5, 5.41) is 0.849. The molecule has 134 valence electrons. The second-order valence-corrected chi connectivity index (χ2v) is 7.47. The van der Waals surface area contributed by atoms with Gasteiger partial charge < -0.3 is 9.64 Å². The third-order valence-electron chi connectivity index (χ3n) is 4.45. The zero-order valence-electron chi connectivity index (χ0n) is 14.2. The van der Waals surface area contributed by atoms with E-state index >= 15 is 0 Å². The lowest BCUT2D eigenvalue weighted by Gasteiger charge is -2.38. The van der Waals surface area contributed by atoms with Gasteiger partial charge in [-0.2, -0.15) is 0 Å². The summed E-state index contributed by atoms with van der Waals surface area (Å²) in [5.74, 6) is -0.393. The molecule has 0 bridgehead atoms. The van der Waals surface area contributed by atoms with E-state index in [1.54, 1.807) is 6.07 Å². The van der Waals surface area contributed by atoms with Crippen molar-refractivity contribution in [3.05, 3.63) is 59.9 Å². The van der Waals surface area contributed by atoms with Gasteiger partial charge >= 0.3 is 5.97 Å². The number of fused-ring (bicyclic) bond motifs is 1. The second kappa shape index (κ2) is 7.41.